The monoisotopic (exact) mass is 237 g/mol. The first-order valence-corrected chi connectivity index (χ1v) is 6.61. The van der Waals surface area contributed by atoms with Gasteiger partial charge in [0.25, 0.3) is 0 Å². The van der Waals surface area contributed by atoms with Gasteiger partial charge in [0.05, 0.1) is 18.7 Å². The number of hydrogen-bond donors (Lipinski definition) is 1. The van der Waals surface area contributed by atoms with Crippen LogP contribution in [0, 0.1) is 11.3 Å². The molecule has 4 nitrogen and oxygen atoms in total. The molecular formula is C13H23N3O. The van der Waals surface area contributed by atoms with Crippen LogP contribution in [-0.2, 0) is 4.79 Å². The number of hydrogen-bond acceptors (Lipinski definition) is 3. The lowest BCUT2D eigenvalue weighted by Gasteiger charge is -2.31. The fourth-order valence-corrected chi connectivity index (χ4v) is 2.45. The van der Waals surface area contributed by atoms with Gasteiger partial charge in [0, 0.05) is 12.6 Å². The lowest BCUT2D eigenvalue weighted by molar-refractivity contribution is -0.126. The Labute approximate surface area is 104 Å². The van der Waals surface area contributed by atoms with Crippen LogP contribution in [0.3, 0.4) is 0 Å². The van der Waals surface area contributed by atoms with Gasteiger partial charge >= 0.3 is 0 Å². The van der Waals surface area contributed by atoms with Crippen molar-refractivity contribution in [3.63, 3.8) is 0 Å². The quantitative estimate of drug-likeness (QED) is 0.715. The number of nitrogens with one attached hydrogen (secondary N) is 1. The Morgan fingerprint density at radius 3 is 2.71 bits per heavy atom. The van der Waals surface area contributed by atoms with Crippen LogP contribution in [0.4, 0.5) is 0 Å². The molecule has 1 aliphatic rings. The molecule has 0 aromatic carbocycles. The second kappa shape index (κ2) is 7.29. The van der Waals surface area contributed by atoms with E-state index >= 15 is 0 Å². The van der Waals surface area contributed by atoms with E-state index in [1.165, 1.54) is 12.8 Å². The zero-order valence-electron chi connectivity index (χ0n) is 10.9. The van der Waals surface area contributed by atoms with E-state index < -0.39 is 0 Å². The zero-order valence-corrected chi connectivity index (χ0v) is 10.9. The lowest BCUT2D eigenvalue weighted by atomic mass is 10.1. The normalized spacial score (nSPS) is 18.0. The van der Waals surface area contributed by atoms with Crippen LogP contribution < -0.4 is 5.32 Å². The Morgan fingerprint density at radius 1 is 1.53 bits per heavy atom. The predicted octanol–water partition coefficient (Wildman–Crippen LogP) is 1.67. The van der Waals surface area contributed by atoms with Crippen molar-refractivity contribution in [2.24, 2.45) is 0 Å². The van der Waals surface area contributed by atoms with Gasteiger partial charge in [0.2, 0.25) is 5.91 Å². The van der Waals surface area contributed by atoms with Crippen molar-refractivity contribution in [3.8, 4) is 6.07 Å². The topological polar surface area (TPSA) is 56.1 Å². The highest BCUT2D eigenvalue weighted by Crippen LogP contribution is 2.24. The minimum absolute atomic E-state index is 0.0500. The Hall–Kier alpha value is -1.08. The molecule has 4 heteroatoms. The van der Waals surface area contributed by atoms with Crippen LogP contribution in [0.15, 0.2) is 0 Å². The second-order valence-electron chi connectivity index (χ2n) is 4.74. The van der Waals surface area contributed by atoms with Gasteiger partial charge in [-0.3, -0.25) is 9.69 Å². The summed E-state index contributed by atoms with van der Waals surface area (Å²) in [6, 6.07) is 2.41. The first-order valence-electron chi connectivity index (χ1n) is 6.61. The van der Waals surface area contributed by atoms with E-state index in [1.54, 1.807) is 0 Å². The van der Waals surface area contributed by atoms with Crippen molar-refractivity contribution in [2.45, 2.75) is 58.0 Å². The molecule has 0 aliphatic heterocycles. The first kappa shape index (κ1) is 14.0. The Morgan fingerprint density at radius 2 is 2.18 bits per heavy atom. The van der Waals surface area contributed by atoms with Crippen molar-refractivity contribution in [2.75, 3.05) is 13.1 Å². The molecule has 1 aliphatic carbocycles. The smallest absolute Gasteiger partial charge is 0.237 e. The maximum absolute atomic E-state index is 11.9. The van der Waals surface area contributed by atoms with E-state index in [-0.39, 0.29) is 11.9 Å². The van der Waals surface area contributed by atoms with Crippen LogP contribution in [0.25, 0.3) is 0 Å². The molecule has 0 aromatic rings. The highest BCUT2D eigenvalue weighted by molar-refractivity contribution is 5.81. The molecule has 1 atom stereocenters. The van der Waals surface area contributed by atoms with E-state index in [0.717, 1.165) is 19.3 Å². The summed E-state index contributed by atoms with van der Waals surface area (Å²) in [6.07, 6.45) is 5.62. The molecule has 1 rings (SSSR count). The van der Waals surface area contributed by atoms with E-state index in [0.29, 0.717) is 19.1 Å². The van der Waals surface area contributed by atoms with Gasteiger partial charge in [0.15, 0.2) is 0 Å². The number of carbonyl (C=O) groups is 1. The van der Waals surface area contributed by atoms with Gasteiger partial charge in [-0.15, -0.1) is 0 Å². The van der Waals surface area contributed by atoms with Crippen LogP contribution in [-0.4, -0.2) is 36.0 Å². The van der Waals surface area contributed by atoms with Crippen LogP contribution >= 0.6 is 0 Å². The standard InChI is InChI=1S/C13H23N3O/c1-3-9-15-13(17)11(2)16(10-8-14)12-6-4-5-7-12/h11-12H,3-7,9-10H2,1-2H3,(H,15,17). The summed E-state index contributed by atoms with van der Waals surface area (Å²) in [5.41, 5.74) is 0. The Bertz CT molecular complexity index is 279. The Balaban J connectivity index is 2.56. The average molecular weight is 237 g/mol. The molecule has 1 unspecified atom stereocenters. The average Bonchev–Trinajstić information content (AvgIpc) is 2.85. The van der Waals surface area contributed by atoms with Crippen LogP contribution in [0.1, 0.15) is 46.0 Å². The minimum atomic E-state index is -0.190. The van der Waals surface area contributed by atoms with Gasteiger partial charge < -0.3 is 5.32 Å². The van der Waals surface area contributed by atoms with Crippen LogP contribution in [0.5, 0.6) is 0 Å². The molecular weight excluding hydrogens is 214 g/mol. The Kier molecular flexibility index (Phi) is 5.99. The maximum Gasteiger partial charge on any atom is 0.237 e. The summed E-state index contributed by atoms with van der Waals surface area (Å²) >= 11 is 0. The van der Waals surface area contributed by atoms with Crippen molar-refractivity contribution in [1.29, 1.82) is 5.26 Å². The van der Waals surface area contributed by atoms with Crippen molar-refractivity contribution < 1.29 is 4.79 Å². The fraction of sp³-hybridized carbons (Fsp3) is 0.846. The molecule has 1 N–H and O–H groups in total. The number of amides is 1. The molecule has 1 saturated carbocycles. The predicted molar refractivity (Wildman–Crippen MR) is 67.3 cm³/mol. The third kappa shape index (κ3) is 4.01. The van der Waals surface area contributed by atoms with Crippen molar-refractivity contribution >= 4 is 5.91 Å². The van der Waals surface area contributed by atoms with Gasteiger partial charge in [-0.25, -0.2) is 0 Å². The number of nitriles is 1. The molecule has 96 valence electrons. The summed E-state index contributed by atoms with van der Waals surface area (Å²) in [5, 5.41) is 11.8. The first-order chi connectivity index (χ1) is 8.20. The largest absolute Gasteiger partial charge is 0.355 e. The molecule has 0 spiro atoms. The highest BCUT2D eigenvalue weighted by atomic mass is 16.2. The van der Waals surface area contributed by atoms with Crippen molar-refractivity contribution in [3.05, 3.63) is 0 Å². The number of carbonyl (C=O) groups excluding carboxylic acids is 1. The summed E-state index contributed by atoms with van der Waals surface area (Å²) in [6.45, 7) is 5.01. The summed E-state index contributed by atoms with van der Waals surface area (Å²) in [7, 11) is 0. The van der Waals surface area contributed by atoms with E-state index in [1.807, 2.05) is 13.8 Å². The molecule has 0 aromatic heterocycles. The van der Waals surface area contributed by atoms with Crippen LogP contribution in [0.2, 0.25) is 0 Å². The lowest BCUT2D eigenvalue weighted by Crippen LogP contribution is -2.49. The molecule has 0 heterocycles. The molecule has 1 amide bonds. The van der Waals surface area contributed by atoms with Gasteiger partial charge in [-0.05, 0) is 26.2 Å². The van der Waals surface area contributed by atoms with Gasteiger partial charge in [-0.2, -0.15) is 5.26 Å². The van der Waals surface area contributed by atoms with E-state index in [4.69, 9.17) is 5.26 Å². The summed E-state index contributed by atoms with van der Waals surface area (Å²) < 4.78 is 0. The zero-order chi connectivity index (χ0) is 12.7. The molecule has 17 heavy (non-hydrogen) atoms. The fourth-order valence-electron chi connectivity index (χ4n) is 2.45. The maximum atomic E-state index is 11.9. The van der Waals surface area contributed by atoms with Gasteiger partial charge in [-0.1, -0.05) is 19.8 Å². The molecule has 1 fully saturated rings. The van der Waals surface area contributed by atoms with E-state index in [2.05, 4.69) is 16.3 Å². The highest BCUT2D eigenvalue weighted by Gasteiger charge is 2.29. The number of nitrogens with zero attached hydrogens (tertiary/aromatic N) is 2. The summed E-state index contributed by atoms with van der Waals surface area (Å²) in [4.78, 5) is 14.0. The van der Waals surface area contributed by atoms with E-state index in [9.17, 15) is 4.79 Å². The third-order valence-electron chi connectivity index (χ3n) is 3.47. The van der Waals surface area contributed by atoms with Gasteiger partial charge in [0.1, 0.15) is 0 Å². The summed E-state index contributed by atoms with van der Waals surface area (Å²) in [5.74, 6) is 0.0500. The molecule has 0 saturated heterocycles. The van der Waals surface area contributed by atoms with Crippen molar-refractivity contribution in [1.82, 2.24) is 10.2 Å². The SMILES string of the molecule is CCCNC(=O)C(C)N(CC#N)C1CCCC1. The number of rotatable bonds is 6. The second-order valence-corrected chi connectivity index (χ2v) is 4.74. The minimum Gasteiger partial charge on any atom is -0.355 e. The molecule has 0 bridgehead atoms. The third-order valence-corrected chi connectivity index (χ3v) is 3.47. The molecule has 0 radical (unpaired) electrons.